The summed E-state index contributed by atoms with van der Waals surface area (Å²) in [7, 11) is 1.66. The van der Waals surface area contributed by atoms with Gasteiger partial charge in [0.25, 0.3) is 0 Å². The number of ether oxygens (including phenoxy) is 2. The highest BCUT2D eigenvalue weighted by molar-refractivity contribution is 6.18. The Morgan fingerprint density at radius 2 is 1.92 bits per heavy atom. The Bertz CT molecular complexity index is 1040. The fraction of sp³-hybridized carbons (Fsp3) is 0.333. The Balaban J connectivity index is 1.96. The Labute approximate surface area is 153 Å². The third-order valence-electron chi connectivity index (χ3n) is 4.92. The van der Waals surface area contributed by atoms with Gasteiger partial charge in [0.2, 0.25) is 5.72 Å². The smallest absolute Gasteiger partial charge is 0.221 e. The molecule has 0 saturated carbocycles. The summed E-state index contributed by atoms with van der Waals surface area (Å²) in [6, 6.07) is 10.4. The fourth-order valence-electron chi connectivity index (χ4n) is 3.46. The van der Waals surface area contributed by atoms with Gasteiger partial charge in [0, 0.05) is 23.9 Å². The predicted octanol–water partition coefficient (Wildman–Crippen LogP) is 3.85. The van der Waals surface area contributed by atoms with Crippen LogP contribution in [0.2, 0.25) is 0 Å². The van der Waals surface area contributed by atoms with Gasteiger partial charge in [-0.1, -0.05) is 12.1 Å². The van der Waals surface area contributed by atoms with Crippen LogP contribution >= 0.6 is 0 Å². The molecular formula is C21H23N3O2. The van der Waals surface area contributed by atoms with Gasteiger partial charge in [-0.25, -0.2) is 9.51 Å². The molecule has 134 valence electrons. The Hall–Kier alpha value is -2.66. The molecule has 1 atom stereocenters. The molecular weight excluding hydrogens is 326 g/mol. The van der Waals surface area contributed by atoms with Crippen molar-refractivity contribution in [3.05, 3.63) is 64.5 Å². The summed E-state index contributed by atoms with van der Waals surface area (Å²) < 4.78 is 13.5. The number of aryl methyl sites for hydroxylation is 3. The molecule has 3 aromatic rings. The third kappa shape index (κ3) is 2.59. The molecule has 0 amide bonds. The van der Waals surface area contributed by atoms with Crippen LogP contribution in [-0.4, -0.2) is 34.8 Å². The molecule has 1 aliphatic heterocycles. The maximum Gasteiger partial charge on any atom is 0.221 e. The summed E-state index contributed by atoms with van der Waals surface area (Å²) in [4.78, 5) is 4.94. The number of methoxy groups -OCH3 is 1. The molecule has 0 fully saturated rings. The molecule has 2 aromatic heterocycles. The third-order valence-corrected chi connectivity index (χ3v) is 4.92. The summed E-state index contributed by atoms with van der Waals surface area (Å²) in [5.74, 6) is 0.831. The molecule has 0 N–H and O–H groups in total. The van der Waals surface area contributed by atoms with Crippen LogP contribution in [0, 0.1) is 20.8 Å². The topological polar surface area (TPSA) is 48.1 Å². The largest absolute Gasteiger partial charge is 0.463 e. The number of nitrogens with zero attached hydrogens (tertiary/aromatic N) is 3. The summed E-state index contributed by atoms with van der Waals surface area (Å²) in [5, 5.41) is 4.60. The van der Waals surface area contributed by atoms with Crippen LogP contribution in [-0.2, 0) is 4.74 Å². The molecule has 5 nitrogen and oxygen atoms in total. The van der Waals surface area contributed by atoms with Crippen molar-refractivity contribution < 1.29 is 9.47 Å². The maximum atomic E-state index is 6.18. The van der Waals surface area contributed by atoms with E-state index in [1.165, 1.54) is 5.56 Å². The van der Waals surface area contributed by atoms with Crippen molar-refractivity contribution >= 4 is 11.2 Å². The SMILES string of the molecule is COCC1(C)N=C(c2cnn3c(C)c(C)ccc23)c2ccc(C)cc2O1. The van der Waals surface area contributed by atoms with Crippen molar-refractivity contribution in [3.8, 4) is 5.75 Å². The van der Waals surface area contributed by atoms with Gasteiger partial charge in [-0.05, 0) is 57.0 Å². The maximum absolute atomic E-state index is 6.18. The average molecular weight is 349 g/mol. The van der Waals surface area contributed by atoms with E-state index in [4.69, 9.17) is 14.5 Å². The summed E-state index contributed by atoms with van der Waals surface area (Å²) in [5.41, 5.74) is 6.65. The van der Waals surface area contributed by atoms with E-state index in [1.54, 1.807) is 7.11 Å². The van der Waals surface area contributed by atoms with Crippen molar-refractivity contribution in [1.82, 2.24) is 9.61 Å². The van der Waals surface area contributed by atoms with Crippen molar-refractivity contribution in [2.45, 2.75) is 33.4 Å². The summed E-state index contributed by atoms with van der Waals surface area (Å²) in [6.07, 6.45) is 1.89. The Kier molecular flexibility index (Phi) is 3.84. The van der Waals surface area contributed by atoms with Gasteiger partial charge in [0.15, 0.2) is 0 Å². The van der Waals surface area contributed by atoms with Gasteiger partial charge in [0.05, 0.1) is 17.4 Å². The second-order valence-electron chi connectivity index (χ2n) is 7.13. The molecule has 0 aliphatic carbocycles. The minimum absolute atomic E-state index is 0.376. The normalized spacial score (nSPS) is 19.2. The highest BCUT2D eigenvalue weighted by Gasteiger charge is 2.34. The van der Waals surface area contributed by atoms with Gasteiger partial charge >= 0.3 is 0 Å². The zero-order chi connectivity index (χ0) is 18.5. The van der Waals surface area contributed by atoms with Crippen LogP contribution in [0.3, 0.4) is 0 Å². The minimum atomic E-state index is -0.765. The van der Waals surface area contributed by atoms with E-state index in [9.17, 15) is 0 Å². The van der Waals surface area contributed by atoms with Gasteiger partial charge in [-0.15, -0.1) is 0 Å². The van der Waals surface area contributed by atoms with Crippen molar-refractivity contribution in [2.75, 3.05) is 13.7 Å². The van der Waals surface area contributed by atoms with E-state index >= 15 is 0 Å². The summed E-state index contributed by atoms with van der Waals surface area (Å²) in [6.45, 7) is 8.56. The number of aromatic nitrogens is 2. The quantitative estimate of drug-likeness (QED) is 0.721. The Morgan fingerprint density at radius 1 is 1.12 bits per heavy atom. The lowest BCUT2D eigenvalue weighted by molar-refractivity contribution is 0.00825. The van der Waals surface area contributed by atoms with E-state index < -0.39 is 5.72 Å². The first-order valence-electron chi connectivity index (χ1n) is 8.75. The molecule has 3 heterocycles. The van der Waals surface area contributed by atoms with E-state index in [0.29, 0.717) is 6.61 Å². The summed E-state index contributed by atoms with van der Waals surface area (Å²) >= 11 is 0. The van der Waals surface area contributed by atoms with Crippen LogP contribution in [0.25, 0.3) is 5.52 Å². The molecule has 26 heavy (non-hydrogen) atoms. The van der Waals surface area contributed by atoms with Crippen LogP contribution in [0.5, 0.6) is 5.75 Å². The molecule has 1 aliphatic rings. The van der Waals surface area contributed by atoms with Gasteiger partial charge in [-0.3, -0.25) is 0 Å². The number of rotatable bonds is 3. The molecule has 1 unspecified atom stereocenters. The fourth-order valence-corrected chi connectivity index (χ4v) is 3.46. The zero-order valence-electron chi connectivity index (χ0n) is 15.8. The van der Waals surface area contributed by atoms with Crippen LogP contribution in [0.15, 0.2) is 41.5 Å². The number of pyridine rings is 1. The van der Waals surface area contributed by atoms with E-state index in [-0.39, 0.29) is 0 Å². The van der Waals surface area contributed by atoms with Crippen molar-refractivity contribution in [1.29, 1.82) is 0 Å². The lowest BCUT2D eigenvalue weighted by Crippen LogP contribution is -2.40. The first kappa shape index (κ1) is 16.8. The Morgan fingerprint density at radius 3 is 2.69 bits per heavy atom. The van der Waals surface area contributed by atoms with Crippen LogP contribution < -0.4 is 4.74 Å². The number of hydrogen-bond acceptors (Lipinski definition) is 4. The van der Waals surface area contributed by atoms with Gasteiger partial charge in [-0.2, -0.15) is 5.10 Å². The first-order valence-corrected chi connectivity index (χ1v) is 8.75. The molecule has 4 rings (SSSR count). The monoisotopic (exact) mass is 349 g/mol. The van der Waals surface area contributed by atoms with Gasteiger partial charge in [0.1, 0.15) is 12.4 Å². The van der Waals surface area contributed by atoms with Crippen molar-refractivity contribution in [2.24, 2.45) is 4.99 Å². The molecule has 0 spiro atoms. The van der Waals surface area contributed by atoms with E-state index in [1.807, 2.05) is 17.6 Å². The second-order valence-corrected chi connectivity index (χ2v) is 7.13. The standard InChI is InChI=1S/C21H23N3O2/c1-13-6-8-16-19(10-13)26-21(4,12-25-5)23-20(16)17-11-22-24-15(3)14(2)7-9-18(17)24/h6-11H,12H2,1-5H3. The van der Waals surface area contributed by atoms with E-state index in [2.05, 4.69) is 56.2 Å². The minimum Gasteiger partial charge on any atom is -0.463 e. The number of benzene rings is 1. The highest BCUT2D eigenvalue weighted by atomic mass is 16.6. The highest BCUT2D eigenvalue weighted by Crippen LogP contribution is 2.34. The molecule has 0 saturated heterocycles. The zero-order valence-corrected chi connectivity index (χ0v) is 15.8. The lowest BCUT2D eigenvalue weighted by Gasteiger charge is -2.32. The van der Waals surface area contributed by atoms with Gasteiger partial charge < -0.3 is 9.47 Å². The molecule has 0 radical (unpaired) electrons. The first-order chi connectivity index (χ1) is 12.4. The number of aliphatic imine (C=N–C) groups is 1. The lowest BCUT2D eigenvalue weighted by atomic mass is 9.98. The number of fused-ring (bicyclic) bond motifs is 2. The molecule has 0 bridgehead atoms. The molecule has 5 heteroatoms. The predicted molar refractivity (Wildman–Crippen MR) is 102 cm³/mol. The second kappa shape index (κ2) is 5.95. The van der Waals surface area contributed by atoms with E-state index in [0.717, 1.165) is 39.4 Å². The molecule has 1 aromatic carbocycles. The van der Waals surface area contributed by atoms with Crippen LogP contribution in [0.4, 0.5) is 0 Å². The van der Waals surface area contributed by atoms with Crippen molar-refractivity contribution in [3.63, 3.8) is 0 Å². The average Bonchev–Trinajstić information content (AvgIpc) is 3.01. The van der Waals surface area contributed by atoms with Crippen LogP contribution in [0.1, 0.15) is 34.9 Å². The number of hydrogen-bond donors (Lipinski definition) is 0.